The molecule has 8 heteroatoms. The van der Waals surface area contributed by atoms with Crippen LogP contribution in [0.3, 0.4) is 0 Å². The number of halogens is 1. The molecule has 2 amide bonds. The normalized spacial score (nSPS) is 25.7. The van der Waals surface area contributed by atoms with Crippen molar-refractivity contribution in [1.82, 2.24) is 15.1 Å². The summed E-state index contributed by atoms with van der Waals surface area (Å²) in [6.45, 7) is 3.90. The number of nitrogens with one attached hydrogen (secondary N) is 1. The Kier molecular flexibility index (Phi) is 7.48. The molecular formula is C16H28ClN3O4. The predicted octanol–water partition coefficient (Wildman–Crippen LogP) is 0.580. The maximum absolute atomic E-state index is 12.3. The molecule has 1 aliphatic heterocycles. The molecule has 138 valence electrons. The molecule has 1 saturated carbocycles. The molecule has 24 heavy (non-hydrogen) atoms. The van der Waals surface area contributed by atoms with Gasteiger partial charge in [-0.3, -0.25) is 19.3 Å². The predicted molar refractivity (Wildman–Crippen MR) is 92.0 cm³/mol. The Balaban J connectivity index is 0.00000288. The first-order valence-electron chi connectivity index (χ1n) is 8.35. The number of carboxylic acid groups (broad SMARTS) is 1. The van der Waals surface area contributed by atoms with Gasteiger partial charge in [-0.25, -0.2) is 0 Å². The van der Waals surface area contributed by atoms with Crippen molar-refractivity contribution in [2.75, 3.05) is 39.8 Å². The molecule has 0 radical (unpaired) electrons. The van der Waals surface area contributed by atoms with E-state index in [1.54, 1.807) is 7.05 Å². The summed E-state index contributed by atoms with van der Waals surface area (Å²) in [6.07, 6.45) is 3.44. The number of amides is 2. The smallest absolute Gasteiger partial charge is 0.311 e. The molecule has 0 unspecified atom stereocenters. The van der Waals surface area contributed by atoms with Gasteiger partial charge in [0, 0.05) is 26.7 Å². The van der Waals surface area contributed by atoms with Crippen LogP contribution in [-0.2, 0) is 14.4 Å². The molecule has 2 atom stereocenters. The van der Waals surface area contributed by atoms with E-state index in [1.807, 2.05) is 11.8 Å². The minimum atomic E-state index is -0.734. The molecule has 1 saturated heterocycles. The Hall–Kier alpha value is -1.34. The van der Waals surface area contributed by atoms with Crippen LogP contribution in [0.4, 0.5) is 0 Å². The van der Waals surface area contributed by atoms with Crippen molar-refractivity contribution >= 4 is 30.2 Å². The molecule has 2 aliphatic rings. The Labute approximate surface area is 149 Å². The molecule has 1 aliphatic carbocycles. The van der Waals surface area contributed by atoms with E-state index in [9.17, 15) is 19.5 Å². The van der Waals surface area contributed by atoms with Crippen molar-refractivity contribution in [3.05, 3.63) is 0 Å². The van der Waals surface area contributed by atoms with Crippen LogP contribution in [0.25, 0.3) is 0 Å². The molecule has 0 spiro atoms. The molecule has 0 aromatic heterocycles. The fraction of sp³-hybridized carbons (Fsp3) is 0.812. The molecule has 2 rings (SSSR count). The number of carboxylic acids is 1. The summed E-state index contributed by atoms with van der Waals surface area (Å²) in [5.41, 5.74) is -0.669. The minimum absolute atomic E-state index is 0. The molecule has 7 nitrogen and oxygen atoms in total. The van der Waals surface area contributed by atoms with Gasteiger partial charge in [0.2, 0.25) is 11.8 Å². The Morgan fingerprint density at radius 2 is 2.08 bits per heavy atom. The zero-order chi connectivity index (χ0) is 17.0. The maximum atomic E-state index is 12.3. The summed E-state index contributed by atoms with van der Waals surface area (Å²) in [6, 6.07) is 0. The average molecular weight is 362 g/mol. The van der Waals surface area contributed by atoms with Crippen molar-refractivity contribution in [2.45, 2.75) is 32.6 Å². The van der Waals surface area contributed by atoms with E-state index >= 15 is 0 Å². The van der Waals surface area contributed by atoms with Crippen LogP contribution >= 0.6 is 12.4 Å². The van der Waals surface area contributed by atoms with Crippen LogP contribution in [0.2, 0.25) is 0 Å². The summed E-state index contributed by atoms with van der Waals surface area (Å²) in [5.74, 6) is -0.895. The lowest BCUT2D eigenvalue weighted by atomic mass is 9.81. The van der Waals surface area contributed by atoms with E-state index in [4.69, 9.17) is 0 Å². The number of carbonyl (C=O) groups is 3. The first kappa shape index (κ1) is 20.7. The second-order valence-corrected chi connectivity index (χ2v) is 6.82. The lowest BCUT2D eigenvalue weighted by molar-refractivity contribution is -0.149. The standard InChI is InChI=1S/C16H27N3O4.ClH/c1-3-7-17-13(20)9-18(2)14(21)10-19-8-12-5-4-6-16(12,11-19)15(22)23;/h12H,3-11H2,1-2H3,(H,17,20)(H,22,23);1H/t12-,16+;/m0./s1. The average Bonchev–Trinajstić information content (AvgIpc) is 3.02. The Morgan fingerprint density at radius 3 is 2.67 bits per heavy atom. The third kappa shape index (κ3) is 4.39. The number of rotatable bonds is 7. The van der Waals surface area contributed by atoms with Crippen molar-refractivity contribution < 1.29 is 19.5 Å². The largest absolute Gasteiger partial charge is 0.481 e. The molecule has 1 heterocycles. The highest BCUT2D eigenvalue weighted by Crippen LogP contribution is 2.48. The topological polar surface area (TPSA) is 90.0 Å². The van der Waals surface area contributed by atoms with Gasteiger partial charge in [0.1, 0.15) is 0 Å². The second-order valence-electron chi connectivity index (χ2n) is 6.82. The fourth-order valence-corrected chi connectivity index (χ4v) is 3.80. The van der Waals surface area contributed by atoms with Crippen LogP contribution in [0.5, 0.6) is 0 Å². The Bertz CT molecular complexity index is 488. The van der Waals surface area contributed by atoms with Crippen molar-refractivity contribution in [3.63, 3.8) is 0 Å². The maximum Gasteiger partial charge on any atom is 0.311 e. The molecular weight excluding hydrogens is 334 g/mol. The van der Waals surface area contributed by atoms with Gasteiger partial charge in [-0.1, -0.05) is 13.3 Å². The first-order chi connectivity index (χ1) is 10.9. The molecule has 0 aromatic carbocycles. The summed E-state index contributed by atoms with van der Waals surface area (Å²) in [4.78, 5) is 38.9. The van der Waals surface area contributed by atoms with Crippen LogP contribution in [0, 0.1) is 11.3 Å². The van der Waals surface area contributed by atoms with Gasteiger partial charge in [0.25, 0.3) is 0 Å². The van der Waals surface area contributed by atoms with Gasteiger partial charge in [-0.05, 0) is 25.2 Å². The number of likely N-dealkylation sites (tertiary alicyclic amines) is 1. The van der Waals surface area contributed by atoms with E-state index in [1.165, 1.54) is 4.90 Å². The van der Waals surface area contributed by atoms with Crippen LogP contribution in [-0.4, -0.2) is 72.5 Å². The number of aliphatic carboxylic acids is 1. The van der Waals surface area contributed by atoms with E-state index < -0.39 is 11.4 Å². The highest BCUT2D eigenvalue weighted by atomic mass is 35.5. The lowest BCUT2D eigenvalue weighted by Crippen LogP contribution is -2.43. The lowest BCUT2D eigenvalue weighted by Gasteiger charge is -2.24. The molecule has 2 N–H and O–H groups in total. The summed E-state index contributed by atoms with van der Waals surface area (Å²) < 4.78 is 0. The molecule has 0 bridgehead atoms. The van der Waals surface area contributed by atoms with Crippen molar-refractivity contribution in [2.24, 2.45) is 11.3 Å². The zero-order valence-corrected chi connectivity index (χ0v) is 15.2. The van der Waals surface area contributed by atoms with Gasteiger partial charge in [-0.15, -0.1) is 12.4 Å². The van der Waals surface area contributed by atoms with Crippen LogP contribution in [0.1, 0.15) is 32.6 Å². The number of hydrogen-bond acceptors (Lipinski definition) is 4. The van der Waals surface area contributed by atoms with Crippen molar-refractivity contribution in [1.29, 1.82) is 0 Å². The van der Waals surface area contributed by atoms with Crippen LogP contribution < -0.4 is 5.32 Å². The first-order valence-corrected chi connectivity index (χ1v) is 8.35. The summed E-state index contributed by atoms with van der Waals surface area (Å²) >= 11 is 0. The summed E-state index contributed by atoms with van der Waals surface area (Å²) in [7, 11) is 1.61. The third-order valence-electron chi connectivity index (χ3n) is 5.10. The number of fused-ring (bicyclic) bond motifs is 1. The second kappa shape index (κ2) is 8.67. The van der Waals surface area contributed by atoms with E-state index in [-0.39, 0.29) is 43.2 Å². The number of nitrogens with zero attached hydrogens (tertiary/aromatic N) is 2. The number of hydrogen-bond donors (Lipinski definition) is 2. The highest BCUT2D eigenvalue weighted by molar-refractivity contribution is 5.86. The third-order valence-corrected chi connectivity index (χ3v) is 5.10. The number of carbonyl (C=O) groups excluding carboxylic acids is 2. The summed E-state index contributed by atoms with van der Waals surface area (Å²) in [5, 5.41) is 12.3. The Morgan fingerprint density at radius 1 is 1.38 bits per heavy atom. The van der Waals surface area contributed by atoms with Gasteiger partial charge in [-0.2, -0.15) is 0 Å². The minimum Gasteiger partial charge on any atom is -0.481 e. The monoisotopic (exact) mass is 361 g/mol. The van der Waals surface area contributed by atoms with Crippen LogP contribution in [0.15, 0.2) is 0 Å². The van der Waals surface area contributed by atoms with E-state index in [0.29, 0.717) is 26.1 Å². The fourth-order valence-electron chi connectivity index (χ4n) is 3.80. The van der Waals surface area contributed by atoms with E-state index in [0.717, 1.165) is 19.3 Å². The number of likely N-dealkylation sites (N-methyl/N-ethyl adjacent to an activating group) is 1. The van der Waals surface area contributed by atoms with Gasteiger partial charge in [0.05, 0.1) is 18.5 Å². The molecule has 2 fully saturated rings. The SMILES string of the molecule is CCCNC(=O)CN(C)C(=O)CN1C[C@@H]2CCC[C@@]2(C(=O)O)C1.Cl. The van der Waals surface area contributed by atoms with Gasteiger partial charge < -0.3 is 15.3 Å². The van der Waals surface area contributed by atoms with Gasteiger partial charge >= 0.3 is 5.97 Å². The molecule has 0 aromatic rings. The highest BCUT2D eigenvalue weighted by Gasteiger charge is 2.54. The van der Waals surface area contributed by atoms with E-state index in [2.05, 4.69) is 5.32 Å². The zero-order valence-electron chi connectivity index (χ0n) is 14.4. The quantitative estimate of drug-likeness (QED) is 0.692. The van der Waals surface area contributed by atoms with Gasteiger partial charge in [0.15, 0.2) is 0 Å². The van der Waals surface area contributed by atoms with Crippen molar-refractivity contribution in [3.8, 4) is 0 Å².